The van der Waals surface area contributed by atoms with Crippen LogP contribution in [0.15, 0.2) is 77.7 Å². The van der Waals surface area contributed by atoms with Crippen molar-refractivity contribution >= 4 is 23.0 Å². The highest BCUT2D eigenvalue weighted by molar-refractivity contribution is 5.99. The molecule has 0 amide bonds. The minimum Gasteiger partial charge on any atom is -0.392 e. The molecule has 1 saturated heterocycles. The number of likely N-dealkylation sites (N-methyl/N-ethyl adjacent to an activating group) is 1. The van der Waals surface area contributed by atoms with Crippen molar-refractivity contribution in [3.63, 3.8) is 0 Å². The summed E-state index contributed by atoms with van der Waals surface area (Å²) in [4.78, 5) is 18.6. The molecular formula is C45H73N5O2. The Morgan fingerprint density at radius 3 is 2.27 bits per heavy atom. The van der Waals surface area contributed by atoms with Crippen molar-refractivity contribution in [2.24, 2.45) is 11.8 Å². The van der Waals surface area contributed by atoms with Crippen LogP contribution < -0.4 is 15.5 Å². The molecule has 290 valence electrons. The lowest BCUT2D eigenvalue weighted by molar-refractivity contribution is 0.112. The number of allylic oxidation sites excluding steroid dienone is 4. The summed E-state index contributed by atoms with van der Waals surface area (Å²) in [5.41, 5.74) is 8.19. The maximum Gasteiger partial charge on any atom is 0.152 e. The average Bonchev–Trinajstić information content (AvgIpc) is 3.44. The molecule has 7 heteroatoms. The number of rotatable bonds is 15. The van der Waals surface area contributed by atoms with Crippen molar-refractivity contribution in [1.29, 1.82) is 0 Å². The number of para-hydroxylation sites is 1. The molecule has 2 aromatic heterocycles. The van der Waals surface area contributed by atoms with Gasteiger partial charge in [0.05, 0.1) is 0 Å². The Balaban J connectivity index is 0.000000455. The number of pyridine rings is 1. The molecule has 7 nitrogen and oxygen atoms in total. The van der Waals surface area contributed by atoms with E-state index < -0.39 is 0 Å². The third kappa shape index (κ3) is 15.9. The van der Waals surface area contributed by atoms with Crippen molar-refractivity contribution < 1.29 is 9.53 Å². The van der Waals surface area contributed by atoms with Crippen LogP contribution in [0.1, 0.15) is 110 Å². The van der Waals surface area contributed by atoms with Crippen LogP contribution in [0.3, 0.4) is 0 Å². The molecule has 0 unspecified atom stereocenters. The number of aromatic nitrogens is 2. The van der Waals surface area contributed by atoms with E-state index in [1.54, 1.807) is 0 Å². The Labute approximate surface area is 318 Å². The van der Waals surface area contributed by atoms with Gasteiger partial charge in [0, 0.05) is 80.5 Å². The van der Waals surface area contributed by atoms with Crippen LogP contribution in [-0.4, -0.2) is 62.8 Å². The third-order valence-electron chi connectivity index (χ3n) is 9.25. The van der Waals surface area contributed by atoms with E-state index in [4.69, 9.17) is 4.74 Å². The molecule has 0 aliphatic carbocycles. The first-order valence-electron chi connectivity index (χ1n) is 19.8. The number of hydrogen-bond donors (Lipinski definition) is 2. The standard InChI is InChI=1S/C23H27N3O.C12H22N2.C8H18O.C2H6/c1-3-18-8-9-23(24-14-18)25-12-10-19(11-13-25)15-26-17(2)21(16-27)20-6-4-5-7-22(20)26;1-6-7-12(9-13-4)10(2)8-11(3)14-5;1-4-6-9-7-5-8(2)3;1-2/h4-9,14,16,19H,3,10-13,15H2,1-2H3;6-8,13-14H,9H2,1-5H3;8H,4-7H2,1-3H3;1-2H3/b;7-6-,11-8-,12-10+;;. The van der Waals surface area contributed by atoms with Crippen LogP contribution in [0.4, 0.5) is 5.82 Å². The first-order valence-corrected chi connectivity index (χ1v) is 19.8. The summed E-state index contributed by atoms with van der Waals surface area (Å²) in [6.07, 6.45) is 15.0. The average molecular weight is 716 g/mol. The van der Waals surface area contributed by atoms with Gasteiger partial charge in [-0.1, -0.05) is 78.0 Å². The van der Waals surface area contributed by atoms with Gasteiger partial charge in [0.1, 0.15) is 5.82 Å². The normalized spacial score (nSPS) is 13.9. The quantitative estimate of drug-likeness (QED) is 0.0927. The lowest BCUT2D eigenvalue weighted by Crippen LogP contribution is -2.35. The fraction of sp³-hybridized carbons (Fsp3) is 0.556. The number of anilines is 1. The van der Waals surface area contributed by atoms with Crippen molar-refractivity contribution in [1.82, 2.24) is 20.2 Å². The number of carbonyl (C=O) groups excluding carboxylic acids is 1. The number of aldehydes is 1. The van der Waals surface area contributed by atoms with Gasteiger partial charge in [-0.3, -0.25) is 4.79 Å². The number of piperidine rings is 1. The summed E-state index contributed by atoms with van der Waals surface area (Å²) < 4.78 is 7.63. The van der Waals surface area contributed by atoms with Gasteiger partial charge in [-0.25, -0.2) is 4.98 Å². The zero-order valence-electron chi connectivity index (χ0n) is 34.9. The van der Waals surface area contributed by atoms with E-state index in [1.165, 1.54) is 34.3 Å². The first kappa shape index (κ1) is 46.3. The summed E-state index contributed by atoms with van der Waals surface area (Å²) in [6.45, 7) is 26.9. The molecule has 0 spiro atoms. The summed E-state index contributed by atoms with van der Waals surface area (Å²) in [7, 11) is 3.90. The highest BCUT2D eigenvalue weighted by Crippen LogP contribution is 2.29. The van der Waals surface area contributed by atoms with Crippen LogP contribution in [0, 0.1) is 18.8 Å². The second-order valence-corrected chi connectivity index (χ2v) is 13.7. The van der Waals surface area contributed by atoms with E-state index in [0.717, 1.165) is 99.7 Å². The van der Waals surface area contributed by atoms with Crippen LogP contribution in [0.2, 0.25) is 0 Å². The number of fused-ring (bicyclic) bond motifs is 1. The maximum atomic E-state index is 11.6. The number of hydrogen-bond acceptors (Lipinski definition) is 6. The Kier molecular flexibility index (Phi) is 24.1. The van der Waals surface area contributed by atoms with E-state index in [-0.39, 0.29) is 0 Å². The number of benzene rings is 1. The van der Waals surface area contributed by atoms with Crippen molar-refractivity contribution in [2.45, 2.75) is 108 Å². The van der Waals surface area contributed by atoms with Crippen molar-refractivity contribution in [2.75, 3.05) is 51.8 Å². The second kappa shape index (κ2) is 27.0. The second-order valence-electron chi connectivity index (χ2n) is 13.7. The Morgan fingerprint density at radius 2 is 1.73 bits per heavy atom. The minimum absolute atomic E-state index is 0.630. The maximum absolute atomic E-state index is 11.6. The van der Waals surface area contributed by atoms with Gasteiger partial charge in [-0.05, 0) is 114 Å². The molecule has 0 radical (unpaired) electrons. The monoisotopic (exact) mass is 716 g/mol. The number of ether oxygens (including phenoxy) is 1. The van der Waals surface area contributed by atoms with Crippen LogP contribution in [0.5, 0.6) is 0 Å². The van der Waals surface area contributed by atoms with Gasteiger partial charge in [-0.2, -0.15) is 0 Å². The van der Waals surface area contributed by atoms with Gasteiger partial charge in [0.25, 0.3) is 0 Å². The predicted octanol–water partition coefficient (Wildman–Crippen LogP) is 10.3. The molecule has 1 aliphatic heterocycles. The molecule has 0 saturated carbocycles. The van der Waals surface area contributed by atoms with E-state index in [1.807, 2.05) is 47.1 Å². The summed E-state index contributed by atoms with van der Waals surface area (Å²) >= 11 is 0. The number of carbonyl (C=O) groups is 1. The van der Waals surface area contributed by atoms with Gasteiger partial charge >= 0.3 is 0 Å². The van der Waals surface area contributed by atoms with E-state index in [9.17, 15) is 4.79 Å². The molecule has 1 aliphatic rings. The molecule has 3 aromatic rings. The van der Waals surface area contributed by atoms with Crippen molar-refractivity contribution in [3.05, 3.63) is 94.5 Å². The highest BCUT2D eigenvalue weighted by Gasteiger charge is 2.22. The first-order chi connectivity index (χ1) is 25.1. The SMILES string of the molecule is CC.CCCOCCC(C)C.CCc1ccc(N2CCC(Cn3c(C)c(C=O)c4ccccc43)CC2)nc1.C\C=C/C(CNC)=C(C)\C=C(\C)NC. The summed E-state index contributed by atoms with van der Waals surface area (Å²) in [5, 5.41) is 7.36. The predicted molar refractivity (Wildman–Crippen MR) is 227 cm³/mol. The van der Waals surface area contributed by atoms with Crippen molar-refractivity contribution in [3.8, 4) is 0 Å². The molecule has 2 N–H and O–H groups in total. The van der Waals surface area contributed by atoms with Crippen LogP contribution >= 0.6 is 0 Å². The zero-order chi connectivity index (χ0) is 38.9. The van der Waals surface area contributed by atoms with E-state index in [0.29, 0.717) is 5.92 Å². The molecule has 0 atom stereocenters. The molecule has 1 aromatic carbocycles. The Bertz CT molecular complexity index is 1490. The van der Waals surface area contributed by atoms with Crippen LogP contribution in [-0.2, 0) is 17.7 Å². The molecule has 52 heavy (non-hydrogen) atoms. The largest absolute Gasteiger partial charge is 0.392 e. The molecular weight excluding hydrogens is 643 g/mol. The van der Waals surface area contributed by atoms with E-state index in [2.05, 4.69) is 122 Å². The minimum atomic E-state index is 0.630. The zero-order valence-corrected chi connectivity index (χ0v) is 34.9. The van der Waals surface area contributed by atoms with Gasteiger partial charge in [0.15, 0.2) is 6.29 Å². The topological polar surface area (TPSA) is 71.4 Å². The third-order valence-corrected chi connectivity index (χ3v) is 9.25. The smallest absolute Gasteiger partial charge is 0.152 e. The highest BCUT2D eigenvalue weighted by atomic mass is 16.5. The lowest BCUT2D eigenvalue weighted by Gasteiger charge is -2.33. The fourth-order valence-corrected chi connectivity index (χ4v) is 6.03. The number of aryl methyl sites for hydroxylation is 1. The molecule has 1 fully saturated rings. The summed E-state index contributed by atoms with van der Waals surface area (Å²) in [5.74, 6) is 2.50. The van der Waals surface area contributed by atoms with Gasteiger partial charge in [-0.15, -0.1) is 0 Å². The molecule has 3 heterocycles. The van der Waals surface area contributed by atoms with Crippen LogP contribution in [0.25, 0.3) is 10.9 Å². The molecule has 0 bridgehead atoms. The number of nitrogens with one attached hydrogen (secondary N) is 2. The van der Waals surface area contributed by atoms with Gasteiger partial charge in [0.2, 0.25) is 0 Å². The Morgan fingerprint density at radius 1 is 1.04 bits per heavy atom. The fourth-order valence-electron chi connectivity index (χ4n) is 6.03. The Hall–Kier alpha value is -3.68. The molecule has 4 rings (SSSR count). The van der Waals surface area contributed by atoms with E-state index >= 15 is 0 Å². The number of nitrogens with zero attached hydrogens (tertiary/aromatic N) is 3. The van der Waals surface area contributed by atoms with Gasteiger partial charge < -0.3 is 24.8 Å². The summed E-state index contributed by atoms with van der Waals surface area (Å²) in [6, 6.07) is 12.6. The lowest BCUT2D eigenvalue weighted by atomic mass is 9.96.